The van der Waals surface area contributed by atoms with Gasteiger partial charge in [-0.25, -0.2) is 0 Å². The van der Waals surface area contributed by atoms with Crippen molar-refractivity contribution < 1.29 is 13.7 Å². The number of hydrogen-bond donors (Lipinski definition) is 1. The third-order valence-electron chi connectivity index (χ3n) is 2.22. The van der Waals surface area contributed by atoms with E-state index in [-0.39, 0.29) is 15.1 Å². The van der Waals surface area contributed by atoms with Gasteiger partial charge in [-0.2, -0.15) is 0 Å². The zero-order valence-corrected chi connectivity index (χ0v) is 17.0. The second-order valence-electron chi connectivity index (χ2n) is 5.06. The molecule has 0 aliphatic rings. The van der Waals surface area contributed by atoms with E-state index in [0.29, 0.717) is 11.2 Å². The summed E-state index contributed by atoms with van der Waals surface area (Å²) in [5.41, 5.74) is 0. The molecular formula is C13H20BrIN2O3S. The van der Waals surface area contributed by atoms with Crippen LogP contribution in [-0.4, -0.2) is 30.9 Å². The van der Waals surface area contributed by atoms with Crippen LogP contribution >= 0.6 is 36.0 Å². The molecule has 0 saturated carbocycles. The first-order chi connectivity index (χ1) is 9.74. The van der Waals surface area contributed by atoms with Gasteiger partial charge in [-0.3, -0.25) is 0 Å². The third kappa shape index (κ3) is 6.70. The first kappa shape index (κ1) is 19.0. The first-order valence-electron chi connectivity index (χ1n) is 6.35. The summed E-state index contributed by atoms with van der Waals surface area (Å²) in [6.45, 7) is 7.83. The Labute approximate surface area is 144 Å². The molecule has 0 saturated heterocycles. The molecule has 0 radical (unpaired) electrons. The Morgan fingerprint density at radius 2 is 2.19 bits per heavy atom. The Morgan fingerprint density at radius 3 is 2.71 bits per heavy atom. The number of hydrogen-bond acceptors (Lipinski definition) is 4. The maximum atomic E-state index is 12.3. The van der Waals surface area contributed by atoms with Crippen molar-refractivity contribution in [3.63, 3.8) is 0 Å². The fourth-order valence-electron chi connectivity index (χ4n) is 1.18. The molecule has 0 amide bonds. The topological polar surface area (TPSA) is 68.3 Å². The van der Waals surface area contributed by atoms with Crippen molar-refractivity contribution in [2.45, 2.75) is 32.4 Å². The van der Waals surface area contributed by atoms with Crippen molar-refractivity contribution in [1.29, 1.82) is 0 Å². The summed E-state index contributed by atoms with van der Waals surface area (Å²) in [6, 6.07) is 3.73. The summed E-state index contributed by atoms with van der Waals surface area (Å²) in [7, 11) is -1.22. The molecule has 0 spiro atoms. The monoisotopic (exact) mass is 490 g/mol. The quantitative estimate of drug-likeness (QED) is 0.219. The van der Waals surface area contributed by atoms with Crippen LogP contribution in [0.1, 0.15) is 27.7 Å². The van der Waals surface area contributed by atoms with E-state index < -0.39 is 31.1 Å². The summed E-state index contributed by atoms with van der Waals surface area (Å²) >= 11 is 1.16. The van der Waals surface area contributed by atoms with Crippen LogP contribution in [0.4, 0.5) is 0 Å². The molecule has 1 rings (SSSR count). The molecule has 0 fully saturated rings. The van der Waals surface area contributed by atoms with Gasteiger partial charge >= 0.3 is 145 Å². The van der Waals surface area contributed by atoms with Crippen molar-refractivity contribution >= 4 is 53.0 Å². The Bertz CT molecular complexity index is 522. The molecular weight excluding hydrogens is 471 g/mol. The number of aromatic nitrogens is 1. The minimum atomic E-state index is -2.16. The van der Waals surface area contributed by atoms with Gasteiger partial charge in [-0.15, -0.1) is 0 Å². The van der Waals surface area contributed by atoms with Crippen LogP contribution in [0.3, 0.4) is 0 Å². The SMILES string of the molecule is CCOC(=O)CI(N[S@@](=O)C(C)(C)C)c1ccnc(Br)c1. The number of carbonyl (C=O) groups is 1. The van der Waals surface area contributed by atoms with Gasteiger partial charge in [0.25, 0.3) is 0 Å². The van der Waals surface area contributed by atoms with E-state index in [1.54, 1.807) is 13.1 Å². The molecule has 8 heteroatoms. The number of alkyl halides is 1. The van der Waals surface area contributed by atoms with E-state index in [1.165, 1.54) is 0 Å². The maximum absolute atomic E-state index is 12.3. The average molecular weight is 491 g/mol. The molecule has 21 heavy (non-hydrogen) atoms. The summed E-state index contributed by atoms with van der Waals surface area (Å²) in [6.07, 6.45) is 1.68. The van der Waals surface area contributed by atoms with Crippen LogP contribution < -0.4 is 2.94 Å². The Morgan fingerprint density at radius 1 is 1.52 bits per heavy atom. The van der Waals surface area contributed by atoms with E-state index >= 15 is 0 Å². The fourth-order valence-corrected chi connectivity index (χ4v) is 9.73. The van der Waals surface area contributed by atoms with Gasteiger partial charge in [0, 0.05) is 0 Å². The number of carbonyl (C=O) groups excluding carboxylic acids is 1. The van der Waals surface area contributed by atoms with Crippen LogP contribution in [-0.2, 0) is 20.5 Å². The third-order valence-corrected chi connectivity index (χ3v) is 10.4. The minimum absolute atomic E-state index is 0.256. The average Bonchev–Trinajstić information content (AvgIpc) is 2.37. The fraction of sp³-hybridized carbons (Fsp3) is 0.538. The molecule has 1 heterocycles. The molecule has 0 unspecified atom stereocenters. The molecule has 0 bridgehead atoms. The van der Waals surface area contributed by atoms with E-state index in [1.807, 2.05) is 32.9 Å². The van der Waals surface area contributed by atoms with E-state index in [9.17, 15) is 9.00 Å². The molecule has 1 aromatic heterocycles. The zero-order valence-electron chi connectivity index (χ0n) is 12.5. The van der Waals surface area contributed by atoms with Gasteiger partial charge in [-0.05, 0) is 0 Å². The Hall–Kier alpha value is -0.0600. The van der Waals surface area contributed by atoms with Gasteiger partial charge in [0.05, 0.1) is 0 Å². The molecule has 1 atom stereocenters. The number of nitrogens with zero attached hydrogens (tertiary/aromatic N) is 1. The number of ether oxygens (including phenoxy) is 1. The molecule has 0 aromatic carbocycles. The second kappa shape index (κ2) is 8.54. The van der Waals surface area contributed by atoms with Crippen LogP contribution in [0.15, 0.2) is 22.9 Å². The number of halogens is 2. The van der Waals surface area contributed by atoms with E-state index in [4.69, 9.17) is 4.74 Å². The van der Waals surface area contributed by atoms with Crippen LogP contribution in [0.5, 0.6) is 0 Å². The van der Waals surface area contributed by atoms with Gasteiger partial charge in [0.1, 0.15) is 0 Å². The Balaban J connectivity index is 2.94. The van der Waals surface area contributed by atoms with Gasteiger partial charge < -0.3 is 0 Å². The summed E-state index contributed by atoms with van der Waals surface area (Å²) in [4.78, 5) is 15.9. The number of nitrogens with one attached hydrogen (secondary N) is 1. The van der Waals surface area contributed by atoms with Crippen molar-refractivity contribution in [2.24, 2.45) is 0 Å². The van der Waals surface area contributed by atoms with E-state index in [0.717, 1.165) is 3.57 Å². The van der Waals surface area contributed by atoms with Crippen molar-refractivity contribution in [3.8, 4) is 0 Å². The van der Waals surface area contributed by atoms with Crippen LogP contribution in [0, 0.1) is 3.57 Å². The number of rotatable bonds is 6. The summed E-state index contributed by atoms with van der Waals surface area (Å²) in [5, 5.41) is 0. The van der Waals surface area contributed by atoms with Crippen LogP contribution in [0.2, 0.25) is 0 Å². The van der Waals surface area contributed by atoms with Crippen LogP contribution in [0.25, 0.3) is 0 Å². The predicted molar refractivity (Wildman–Crippen MR) is 97.2 cm³/mol. The molecule has 1 aromatic rings. The second-order valence-corrected chi connectivity index (χ2v) is 13.2. The molecule has 1 N–H and O–H groups in total. The van der Waals surface area contributed by atoms with Crippen molar-refractivity contribution in [3.05, 3.63) is 26.5 Å². The van der Waals surface area contributed by atoms with Gasteiger partial charge in [-0.1, -0.05) is 0 Å². The molecule has 5 nitrogen and oxygen atoms in total. The number of pyridine rings is 1. The standard InChI is InChI=1S/C13H20BrIN2O3S/c1-5-20-12(18)9-15(17-21(19)13(2,3)4)10-6-7-16-11(14)8-10/h6-8,17H,5,9H2,1-4H3/t21-/m0/s1. The summed E-state index contributed by atoms with van der Waals surface area (Å²) in [5.74, 6) is -0.256. The van der Waals surface area contributed by atoms with Gasteiger partial charge in [0.2, 0.25) is 0 Å². The van der Waals surface area contributed by atoms with Crippen molar-refractivity contribution in [2.75, 3.05) is 11.0 Å². The zero-order chi connectivity index (χ0) is 16.0. The molecule has 0 aliphatic carbocycles. The normalized spacial score (nSPS) is 13.7. The van der Waals surface area contributed by atoms with E-state index in [2.05, 4.69) is 23.8 Å². The predicted octanol–water partition coefficient (Wildman–Crippen LogP) is 3.05. The van der Waals surface area contributed by atoms with Gasteiger partial charge in [0.15, 0.2) is 0 Å². The molecule has 0 aliphatic heterocycles. The Kier molecular flexibility index (Phi) is 7.72. The van der Waals surface area contributed by atoms with Crippen molar-refractivity contribution in [1.82, 2.24) is 7.92 Å². The first-order valence-corrected chi connectivity index (χ1v) is 12.0. The molecule has 120 valence electrons. The summed E-state index contributed by atoms with van der Waals surface area (Å²) < 4.78 is 22.1. The number of esters is 1.